The SMILES string of the molecule is OC12CCC(CC1)[C@H]1C[C@H]12. The van der Waals surface area contributed by atoms with Crippen molar-refractivity contribution in [1.29, 1.82) is 0 Å². The molecule has 4 fully saturated rings. The lowest BCUT2D eigenvalue weighted by Crippen LogP contribution is -2.42. The van der Waals surface area contributed by atoms with Crippen molar-refractivity contribution in [2.24, 2.45) is 17.8 Å². The van der Waals surface area contributed by atoms with Crippen LogP contribution in [0.15, 0.2) is 0 Å². The van der Waals surface area contributed by atoms with Gasteiger partial charge in [0.2, 0.25) is 0 Å². The van der Waals surface area contributed by atoms with Gasteiger partial charge >= 0.3 is 0 Å². The first-order valence-electron chi connectivity index (χ1n) is 4.52. The van der Waals surface area contributed by atoms with Gasteiger partial charge in [0.15, 0.2) is 0 Å². The van der Waals surface area contributed by atoms with E-state index in [1.54, 1.807) is 0 Å². The fraction of sp³-hybridized carbons (Fsp3) is 1.00. The molecule has 0 aromatic carbocycles. The molecule has 0 unspecified atom stereocenters. The molecule has 1 N–H and O–H groups in total. The third kappa shape index (κ3) is 0.493. The summed E-state index contributed by atoms with van der Waals surface area (Å²) in [5.41, 5.74) is -0.181. The smallest absolute Gasteiger partial charge is 0.0678 e. The average molecular weight is 138 g/mol. The molecule has 0 aliphatic heterocycles. The van der Waals surface area contributed by atoms with E-state index in [2.05, 4.69) is 0 Å². The van der Waals surface area contributed by atoms with Crippen LogP contribution < -0.4 is 0 Å². The van der Waals surface area contributed by atoms with Crippen molar-refractivity contribution in [2.75, 3.05) is 0 Å². The summed E-state index contributed by atoms with van der Waals surface area (Å²) in [4.78, 5) is 0. The van der Waals surface area contributed by atoms with Gasteiger partial charge in [0.25, 0.3) is 0 Å². The molecule has 0 heterocycles. The quantitative estimate of drug-likeness (QED) is 0.538. The predicted octanol–water partition coefficient (Wildman–Crippen LogP) is 1.56. The third-order valence-corrected chi connectivity index (χ3v) is 4.03. The Morgan fingerprint density at radius 2 is 1.90 bits per heavy atom. The highest BCUT2D eigenvalue weighted by atomic mass is 16.3. The van der Waals surface area contributed by atoms with Crippen molar-refractivity contribution in [1.82, 2.24) is 0 Å². The van der Waals surface area contributed by atoms with Crippen LogP contribution in [0.25, 0.3) is 0 Å². The van der Waals surface area contributed by atoms with E-state index in [9.17, 15) is 5.11 Å². The molecule has 0 radical (unpaired) electrons. The lowest BCUT2D eigenvalue weighted by atomic mass is 9.68. The molecule has 4 aliphatic carbocycles. The summed E-state index contributed by atoms with van der Waals surface area (Å²) >= 11 is 0. The molecule has 0 saturated heterocycles. The fourth-order valence-corrected chi connectivity index (χ4v) is 3.29. The summed E-state index contributed by atoms with van der Waals surface area (Å²) in [7, 11) is 0. The van der Waals surface area contributed by atoms with Gasteiger partial charge in [-0.1, -0.05) is 0 Å². The summed E-state index contributed by atoms with van der Waals surface area (Å²) in [6, 6.07) is 0. The Morgan fingerprint density at radius 3 is 2.40 bits per heavy atom. The molecule has 0 aromatic rings. The van der Waals surface area contributed by atoms with Gasteiger partial charge in [-0.15, -0.1) is 0 Å². The molecule has 0 aromatic heterocycles. The first-order valence-corrected chi connectivity index (χ1v) is 4.52. The predicted molar refractivity (Wildman–Crippen MR) is 38.5 cm³/mol. The summed E-state index contributed by atoms with van der Waals surface area (Å²) < 4.78 is 0. The second-order valence-corrected chi connectivity index (χ2v) is 4.45. The molecular formula is C9H14O. The van der Waals surface area contributed by atoms with Crippen LogP contribution in [0.3, 0.4) is 0 Å². The Kier molecular flexibility index (Phi) is 0.797. The summed E-state index contributed by atoms with van der Waals surface area (Å²) in [6.07, 6.45) is 6.20. The Hall–Kier alpha value is -0.0400. The van der Waals surface area contributed by atoms with Crippen molar-refractivity contribution < 1.29 is 5.11 Å². The molecule has 4 rings (SSSR count). The number of hydrogen-bond acceptors (Lipinski definition) is 1. The minimum atomic E-state index is -0.181. The molecule has 0 amide bonds. The van der Waals surface area contributed by atoms with Crippen LogP contribution in [0.5, 0.6) is 0 Å². The van der Waals surface area contributed by atoms with Crippen LogP contribution in [0, 0.1) is 17.8 Å². The van der Waals surface area contributed by atoms with E-state index < -0.39 is 0 Å². The Bertz CT molecular complexity index is 168. The van der Waals surface area contributed by atoms with Gasteiger partial charge in [-0.25, -0.2) is 0 Å². The summed E-state index contributed by atoms with van der Waals surface area (Å²) in [6.45, 7) is 0. The molecule has 4 aliphatic rings. The molecule has 10 heavy (non-hydrogen) atoms. The number of hydrogen-bond donors (Lipinski definition) is 1. The Labute approximate surface area is 61.4 Å². The standard InChI is InChI=1S/C9H14O/c10-9-3-1-6(2-4-9)7-5-8(7)9/h6-8,10H,1-5H2/t6?,7-,8-,9?/m1/s1. The van der Waals surface area contributed by atoms with Crippen molar-refractivity contribution in [3.63, 3.8) is 0 Å². The maximum atomic E-state index is 10.0. The van der Waals surface area contributed by atoms with Crippen LogP contribution >= 0.6 is 0 Å². The maximum Gasteiger partial charge on any atom is 0.0678 e. The van der Waals surface area contributed by atoms with E-state index >= 15 is 0 Å². The zero-order chi connectivity index (χ0) is 6.77. The normalized spacial score (nSPS) is 63.9. The van der Waals surface area contributed by atoms with Gasteiger partial charge in [0, 0.05) is 0 Å². The second kappa shape index (κ2) is 1.42. The molecule has 2 atom stereocenters. The van der Waals surface area contributed by atoms with Crippen LogP contribution in [-0.2, 0) is 0 Å². The van der Waals surface area contributed by atoms with Crippen molar-refractivity contribution in [3.05, 3.63) is 0 Å². The molecule has 0 spiro atoms. The van der Waals surface area contributed by atoms with Crippen LogP contribution in [-0.4, -0.2) is 10.7 Å². The third-order valence-electron chi connectivity index (χ3n) is 4.03. The van der Waals surface area contributed by atoms with Gasteiger partial charge in [0.05, 0.1) is 5.60 Å². The van der Waals surface area contributed by atoms with E-state index in [1.165, 1.54) is 19.3 Å². The number of aliphatic hydroxyl groups is 1. The number of rotatable bonds is 0. The van der Waals surface area contributed by atoms with Crippen molar-refractivity contribution >= 4 is 0 Å². The Balaban J connectivity index is 1.98. The van der Waals surface area contributed by atoms with Crippen molar-refractivity contribution in [3.8, 4) is 0 Å². The molecule has 4 saturated carbocycles. The largest absolute Gasteiger partial charge is 0.390 e. The fourth-order valence-electron chi connectivity index (χ4n) is 3.29. The van der Waals surface area contributed by atoms with Gasteiger partial charge in [-0.2, -0.15) is 0 Å². The highest BCUT2D eigenvalue weighted by Gasteiger charge is 2.60. The zero-order valence-corrected chi connectivity index (χ0v) is 6.21. The van der Waals surface area contributed by atoms with E-state index in [4.69, 9.17) is 0 Å². The van der Waals surface area contributed by atoms with Crippen LogP contribution in [0.1, 0.15) is 32.1 Å². The molecular weight excluding hydrogens is 124 g/mol. The topological polar surface area (TPSA) is 20.2 Å². The lowest BCUT2D eigenvalue weighted by molar-refractivity contribution is -0.0655. The summed E-state index contributed by atoms with van der Waals surface area (Å²) in [5.74, 6) is 2.70. The number of fused-ring (bicyclic) bond motifs is 2. The first kappa shape index (κ1) is 5.59. The van der Waals surface area contributed by atoms with E-state index in [-0.39, 0.29) is 5.60 Å². The van der Waals surface area contributed by atoms with E-state index in [1.807, 2.05) is 0 Å². The molecule has 1 nitrogen and oxygen atoms in total. The minimum Gasteiger partial charge on any atom is -0.390 e. The van der Waals surface area contributed by atoms with Gasteiger partial charge in [-0.05, 0) is 49.9 Å². The van der Waals surface area contributed by atoms with Gasteiger partial charge in [0.1, 0.15) is 0 Å². The second-order valence-electron chi connectivity index (χ2n) is 4.45. The minimum absolute atomic E-state index is 0.181. The molecule has 56 valence electrons. The highest BCUT2D eigenvalue weighted by Crippen LogP contribution is 2.64. The van der Waals surface area contributed by atoms with E-state index in [0.29, 0.717) is 0 Å². The Morgan fingerprint density at radius 1 is 1.20 bits per heavy atom. The van der Waals surface area contributed by atoms with Crippen molar-refractivity contribution in [2.45, 2.75) is 37.7 Å². The van der Waals surface area contributed by atoms with Gasteiger partial charge < -0.3 is 5.11 Å². The van der Waals surface area contributed by atoms with Crippen LogP contribution in [0.2, 0.25) is 0 Å². The maximum absolute atomic E-state index is 10.0. The zero-order valence-electron chi connectivity index (χ0n) is 6.21. The van der Waals surface area contributed by atoms with E-state index in [0.717, 1.165) is 30.6 Å². The van der Waals surface area contributed by atoms with Gasteiger partial charge in [-0.3, -0.25) is 0 Å². The lowest BCUT2D eigenvalue weighted by Gasteiger charge is -2.42. The average Bonchev–Trinajstić information content (AvgIpc) is 2.68. The highest BCUT2D eigenvalue weighted by molar-refractivity contribution is 5.11. The molecule has 1 heteroatoms. The first-order chi connectivity index (χ1) is 4.80. The van der Waals surface area contributed by atoms with Crippen LogP contribution in [0.4, 0.5) is 0 Å². The molecule has 2 bridgehead atoms. The summed E-state index contributed by atoms with van der Waals surface area (Å²) in [5, 5.41) is 10.0. The monoisotopic (exact) mass is 138 g/mol.